The molecule has 0 saturated heterocycles. The Hall–Kier alpha value is -3.46. The van der Waals surface area contributed by atoms with Crippen LogP contribution in [0.1, 0.15) is 24.5 Å². The van der Waals surface area contributed by atoms with Crippen molar-refractivity contribution in [2.75, 3.05) is 6.61 Å². The van der Waals surface area contributed by atoms with Crippen LogP contribution in [0.15, 0.2) is 68.0 Å². The van der Waals surface area contributed by atoms with Crippen LogP contribution in [0.5, 0.6) is 5.75 Å². The number of carbonyl (C=O) groups is 1. The maximum absolute atomic E-state index is 12.0. The lowest BCUT2D eigenvalue weighted by Crippen LogP contribution is -2.07. The van der Waals surface area contributed by atoms with Gasteiger partial charge in [0.15, 0.2) is 6.61 Å². The molecule has 2 aromatic heterocycles. The van der Waals surface area contributed by atoms with E-state index in [0.29, 0.717) is 30.0 Å². The standard InChI is InChI=1S/C23H20BrN3O5/c1-15-21(22(27-32-15)16-7-3-2-4-8-16)23-26-25-19(31-23)14-30-20(28)11-6-12-29-18-10-5-9-17(24)13-18/h2-5,7-10,13H,6,11-12,14H2,1H3. The molecular weight excluding hydrogens is 478 g/mol. The van der Waals surface area contributed by atoms with E-state index in [4.69, 9.17) is 18.4 Å². The van der Waals surface area contributed by atoms with Gasteiger partial charge in [-0.2, -0.15) is 0 Å². The van der Waals surface area contributed by atoms with Gasteiger partial charge in [0.2, 0.25) is 0 Å². The third kappa shape index (κ3) is 5.42. The summed E-state index contributed by atoms with van der Waals surface area (Å²) in [5.41, 5.74) is 2.10. The van der Waals surface area contributed by atoms with Gasteiger partial charge in [-0.1, -0.05) is 57.5 Å². The Kier molecular flexibility index (Phi) is 6.96. The Morgan fingerprint density at radius 2 is 1.94 bits per heavy atom. The second-order valence-electron chi connectivity index (χ2n) is 6.90. The van der Waals surface area contributed by atoms with E-state index in [9.17, 15) is 4.79 Å². The average Bonchev–Trinajstić information content (AvgIpc) is 3.42. The molecule has 9 heteroatoms. The van der Waals surface area contributed by atoms with Gasteiger partial charge in [-0.05, 0) is 31.5 Å². The molecule has 2 aromatic carbocycles. The van der Waals surface area contributed by atoms with E-state index in [1.54, 1.807) is 6.92 Å². The van der Waals surface area contributed by atoms with E-state index < -0.39 is 0 Å². The molecule has 32 heavy (non-hydrogen) atoms. The fourth-order valence-corrected chi connectivity index (χ4v) is 3.39. The van der Waals surface area contributed by atoms with Gasteiger partial charge in [0.25, 0.3) is 11.8 Å². The van der Waals surface area contributed by atoms with Crippen LogP contribution in [0.4, 0.5) is 0 Å². The number of esters is 1. The zero-order chi connectivity index (χ0) is 22.3. The summed E-state index contributed by atoms with van der Waals surface area (Å²) in [6, 6.07) is 17.1. The summed E-state index contributed by atoms with van der Waals surface area (Å²) >= 11 is 3.39. The molecule has 2 heterocycles. The predicted molar refractivity (Wildman–Crippen MR) is 119 cm³/mol. The smallest absolute Gasteiger partial charge is 0.306 e. The molecule has 0 aliphatic heterocycles. The number of hydrogen-bond acceptors (Lipinski definition) is 8. The first-order valence-corrected chi connectivity index (χ1v) is 10.8. The monoisotopic (exact) mass is 497 g/mol. The molecule has 0 aliphatic rings. The number of benzene rings is 2. The van der Waals surface area contributed by atoms with Crippen molar-refractivity contribution in [2.24, 2.45) is 0 Å². The quantitative estimate of drug-likeness (QED) is 0.225. The minimum absolute atomic E-state index is 0.108. The third-order valence-electron chi connectivity index (χ3n) is 4.54. The first-order chi connectivity index (χ1) is 15.6. The zero-order valence-corrected chi connectivity index (χ0v) is 18.9. The van der Waals surface area contributed by atoms with Gasteiger partial charge < -0.3 is 18.4 Å². The van der Waals surface area contributed by atoms with Gasteiger partial charge in [0.05, 0.1) is 6.61 Å². The first kappa shape index (κ1) is 21.8. The highest BCUT2D eigenvalue weighted by Crippen LogP contribution is 2.33. The largest absolute Gasteiger partial charge is 0.494 e. The van der Waals surface area contributed by atoms with Crippen molar-refractivity contribution in [1.29, 1.82) is 0 Å². The molecule has 164 valence electrons. The fraction of sp³-hybridized carbons (Fsp3) is 0.217. The van der Waals surface area contributed by atoms with E-state index in [1.807, 2.05) is 54.6 Å². The topological polar surface area (TPSA) is 100 Å². The van der Waals surface area contributed by atoms with Crippen molar-refractivity contribution < 1.29 is 23.2 Å². The molecule has 0 N–H and O–H groups in total. The lowest BCUT2D eigenvalue weighted by atomic mass is 10.1. The Morgan fingerprint density at radius 3 is 2.75 bits per heavy atom. The van der Waals surface area contributed by atoms with Crippen LogP contribution in [-0.2, 0) is 16.1 Å². The number of hydrogen-bond donors (Lipinski definition) is 0. The average molecular weight is 498 g/mol. The molecule has 0 fully saturated rings. The van der Waals surface area contributed by atoms with Crippen LogP contribution in [0.3, 0.4) is 0 Å². The van der Waals surface area contributed by atoms with Crippen molar-refractivity contribution in [1.82, 2.24) is 15.4 Å². The van der Waals surface area contributed by atoms with Gasteiger partial charge in [-0.3, -0.25) is 4.79 Å². The van der Waals surface area contributed by atoms with E-state index in [-0.39, 0.29) is 30.8 Å². The maximum atomic E-state index is 12.0. The van der Waals surface area contributed by atoms with Gasteiger partial charge in [0, 0.05) is 16.5 Å². The van der Waals surface area contributed by atoms with Crippen LogP contribution in [0.2, 0.25) is 0 Å². The highest BCUT2D eigenvalue weighted by molar-refractivity contribution is 9.10. The summed E-state index contributed by atoms with van der Waals surface area (Å²) in [4.78, 5) is 12.0. The molecule has 0 amide bonds. The molecule has 0 radical (unpaired) electrons. The molecule has 0 bridgehead atoms. The van der Waals surface area contributed by atoms with Crippen LogP contribution in [0.25, 0.3) is 22.7 Å². The van der Waals surface area contributed by atoms with Gasteiger partial charge in [-0.15, -0.1) is 10.2 Å². The lowest BCUT2D eigenvalue weighted by Gasteiger charge is -2.06. The molecule has 0 aliphatic carbocycles. The number of halogens is 1. The lowest BCUT2D eigenvalue weighted by molar-refractivity contribution is -0.145. The second kappa shape index (κ2) is 10.2. The van der Waals surface area contributed by atoms with Crippen LogP contribution in [0, 0.1) is 6.92 Å². The minimum Gasteiger partial charge on any atom is -0.494 e. The molecule has 4 aromatic rings. The van der Waals surface area contributed by atoms with E-state index >= 15 is 0 Å². The number of carbonyl (C=O) groups excluding carboxylic acids is 1. The fourth-order valence-electron chi connectivity index (χ4n) is 3.01. The highest BCUT2D eigenvalue weighted by atomic mass is 79.9. The molecule has 8 nitrogen and oxygen atoms in total. The Labute approximate surface area is 192 Å². The van der Waals surface area contributed by atoms with Crippen LogP contribution >= 0.6 is 15.9 Å². The molecule has 0 saturated carbocycles. The summed E-state index contributed by atoms with van der Waals surface area (Å²) < 4.78 is 22.8. The summed E-state index contributed by atoms with van der Waals surface area (Å²) in [6.07, 6.45) is 0.749. The van der Waals surface area contributed by atoms with Crippen LogP contribution < -0.4 is 4.74 Å². The van der Waals surface area contributed by atoms with Gasteiger partial charge in [-0.25, -0.2) is 0 Å². The van der Waals surface area contributed by atoms with Gasteiger partial charge in [0.1, 0.15) is 22.8 Å². The Bertz CT molecular complexity index is 1190. The van der Waals surface area contributed by atoms with Crippen molar-refractivity contribution in [2.45, 2.75) is 26.4 Å². The molecular formula is C23H20BrN3O5. The van der Waals surface area contributed by atoms with E-state index in [2.05, 4.69) is 31.3 Å². The van der Waals surface area contributed by atoms with E-state index in [1.165, 1.54) is 0 Å². The van der Waals surface area contributed by atoms with Crippen molar-refractivity contribution in [3.8, 4) is 28.5 Å². The summed E-state index contributed by atoms with van der Waals surface area (Å²) in [6.45, 7) is 2.07. The molecule has 0 unspecified atom stereocenters. The van der Waals surface area contributed by atoms with Crippen molar-refractivity contribution in [3.05, 3.63) is 70.7 Å². The Morgan fingerprint density at radius 1 is 1.09 bits per heavy atom. The van der Waals surface area contributed by atoms with Crippen molar-refractivity contribution >= 4 is 21.9 Å². The highest BCUT2D eigenvalue weighted by Gasteiger charge is 2.22. The number of rotatable bonds is 9. The van der Waals surface area contributed by atoms with Crippen LogP contribution in [-0.4, -0.2) is 27.9 Å². The number of nitrogens with zero attached hydrogens (tertiary/aromatic N) is 3. The van der Waals surface area contributed by atoms with Crippen molar-refractivity contribution in [3.63, 3.8) is 0 Å². The SMILES string of the molecule is Cc1onc(-c2ccccc2)c1-c1nnc(COC(=O)CCCOc2cccc(Br)c2)o1. The minimum atomic E-state index is -0.367. The summed E-state index contributed by atoms with van der Waals surface area (Å²) in [7, 11) is 0. The third-order valence-corrected chi connectivity index (χ3v) is 5.03. The summed E-state index contributed by atoms with van der Waals surface area (Å²) in [5, 5.41) is 12.2. The first-order valence-electron chi connectivity index (χ1n) is 9.98. The number of ether oxygens (including phenoxy) is 2. The number of aryl methyl sites for hydroxylation is 1. The molecule has 0 spiro atoms. The zero-order valence-electron chi connectivity index (χ0n) is 17.3. The Balaban J connectivity index is 1.29. The number of aromatic nitrogens is 3. The maximum Gasteiger partial charge on any atom is 0.306 e. The summed E-state index contributed by atoms with van der Waals surface area (Å²) in [5.74, 6) is 1.38. The predicted octanol–water partition coefficient (Wildman–Crippen LogP) is 5.36. The van der Waals surface area contributed by atoms with Gasteiger partial charge >= 0.3 is 5.97 Å². The molecule has 0 atom stereocenters. The molecule has 4 rings (SSSR count). The normalized spacial score (nSPS) is 10.8. The van der Waals surface area contributed by atoms with E-state index in [0.717, 1.165) is 15.8 Å². The second-order valence-corrected chi connectivity index (χ2v) is 7.82.